The van der Waals surface area contributed by atoms with Crippen molar-refractivity contribution in [3.05, 3.63) is 28.2 Å². The number of hydrogen-bond acceptors (Lipinski definition) is 3. The lowest BCUT2D eigenvalue weighted by Gasteiger charge is -2.21. The predicted molar refractivity (Wildman–Crippen MR) is 75.2 cm³/mol. The van der Waals surface area contributed by atoms with Crippen LogP contribution in [0.3, 0.4) is 0 Å². The quantitative estimate of drug-likeness (QED) is 0.846. The van der Waals surface area contributed by atoms with Gasteiger partial charge in [-0.2, -0.15) is 0 Å². The number of nitrogens with two attached hydrogens (primary N) is 1. The van der Waals surface area contributed by atoms with Crippen molar-refractivity contribution in [2.45, 2.75) is 0 Å². The molecule has 0 amide bonds. The van der Waals surface area contributed by atoms with Crippen LogP contribution in [0.2, 0.25) is 0 Å². The number of anilines is 1. The number of ether oxygens (including phenoxy) is 1. The van der Waals surface area contributed by atoms with Crippen molar-refractivity contribution in [3.63, 3.8) is 0 Å². The molecule has 0 aromatic heterocycles. The third kappa shape index (κ3) is 3.43. The molecule has 3 nitrogen and oxygen atoms in total. The van der Waals surface area contributed by atoms with Crippen molar-refractivity contribution in [1.29, 1.82) is 0 Å². The average Bonchev–Trinajstić information content (AvgIpc) is 2.25. The summed E-state index contributed by atoms with van der Waals surface area (Å²) in [4.78, 5) is 2.48. The molecule has 2 N–H and O–H groups in total. The van der Waals surface area contributed by atoms with Crippen LogP contribution in [-0.2, 0) is 4.74 Å². The zero-order chi connectivity index (χ0) is 12.1. The second-order valence-corrected chi connectivity index (χ2v) is 4.80. The Morgan fingerprint density at radius 2 is 2.25 bits per heavy atom. The molecule has 5 heteroatoms. The molecule has 0 spiro atoms. The topological polar surface area (TPSA) is 38.5 Å². The van der Waals surface area contributed by atoms with Gasteiger partial charge in [-0.3, -0.25) is 0 Å². The van der Waals surface area contributed by atoms with Crippen LogP contribution in [0, 0.1) is 0 Å². The van der Waals surface area contributed by atoms with Gasteiger partial charge in [-0.05, 0) is 18.2 Å². The number of halogens is 1. The largest absolute Gasteiger partial charge is 0.389 e. The third-order valence-electron chi connectivity index (χ3n) is 2.27. The first-order chi connectivity index (χ1) is 7.56. The van der Waals surface area contributed by atoms with E-state index in [4.69, 9.17) is 22.7 Å². The molecule has 0 unspecified atom stereocenters. The molecular weight excluding hydrogens is 288 g/mol. The standard InChI is InChI=1S/C11H15BrN2OS/c1-14(5-6-15-2)10-4-3-8(12)7-9(10)11(13)16/h3-4,7H,5-6H2,1-2H3,(H2,13,16). The van der Waals surface area contributed by atoms with E-state index < -0.39 is 0 Å². The molecule has 1 aromatic rings. The Kier molecular flexibility index (Phi) is 5.18. The van der Waals surface area contributed by atoms with E-state index in [1.165, 1.54) is 0 Å². The molecule has 0 heterocycles. The van der Waals surface area contributed by atoms with Gasteiger partial charge in [-0.1, -0.05) is 28.1 Å². The fraction of sp³-hybridized carbons (Fsp3) is 0.364. The molecule has 0 bridgehead atoms. The summed E-state index contributed by atoms with van der Waals surface area (Å²) in [6.45, 7) is 1.47. The molecule has 0 aliphatic heterocycles. The Labute approximate surface area is 110 Å². The number of nitrogens with zero attached hydrogens (tertiary/aromatic N) is 1. The Morgan fingerprint density at radius 1 is 1.56 bits per heavy atom. The van der Waals surface area contributed by atoms with Gasteiger partial charge in [-0.15, -0.1) is 0 Å². The van der Waals surface area contributed by atoms with Crippen LogP contribution in [-0.4, -0.2) is 32.3 Å². The van der Waals surface area contributed by atoms with Crippen LogP contribution in [0.5, 0.6) is 0 Å². The Bertz CT molecular complexity index is 384. The lowest BCUT2D eigenvalue weighted by Crippen LogP contribution is -2.25. The molecule has 88 valence electrons. The van der Waals surface area contributed by atoms with Gasteiger partial charge >= 0.3 is 0 Å². The second-order valence-electron chi connectivity index (χ2n) is 3.44. The highest BCUT2D eigenvalue weighted by Gasteiger charge is 2.09. The summed E-state index contributed by atoms with van der Waals surface area (Å²) < 4.78 is 6.01. The summed E-state index contributed by atoms with van der Waals surface area (Å²) >= 11 is 8.45. The van der Waals surface area contributed by atoms with E-state index >= 15 is 0 Å². The number of hydrogen-bond donors (Lipinski definition) is 1. The molecule has 0 saturated carbocycles. The lowest BCUT2D eigenvalue weighted by atomic mass is 10.1. The van der Waals surface area contributed by atoms with Crippen LogP contribution in [0.4, 0.5) is 5.69 Å². The average molecular weight is 303 g/mol. The lowest BCUT2D eigenvalue weighted by molar-refractivity contribution is 0.206. The summed E-state index contributed by atoms with van der Waals surface area (Å²) in [5, 5.41) is 0. The number of methoxy groups -OCH3 is 1. The van der Waals surface area contributed by atoms with E-state index in [1.807, 2.05) is 25.2 Å². The maximum absolute atomic E-state index is 5.70. The minimum atomic E-state index is 0.403. The third-order valence-corrected chi connectivity index (χ3v) is 2.98. The highest BCUT2D eigenvalue weighted by molar-refractivity contribution is 9.10. The van der Waals surface area contributed by atoms with E-state index in [0.717, 1.165) is 22.3 Å². The maximum Gasteiger partial charge on any atom is 0.106 e. The van der Waals surface area contributed by atoms with Gasteiger partial charge in [0.1, 0.15) is 4.99 Å². The van der Waals surface area contributed by atoms with Crippen molar-refractivity contribution in [2.75, 3.05) is 32.2 Å². The van der Waals surface area contributed by atoms with Crippen molar-refractivity contribution >= 4 is 38.8 Å². The molecule has 0 aliphatic carbocycles. The minimum Gasteiger partial charge on any atom is -0.389 e. The van der Waals surface area contributed by atoms with E-state index in [-0.39, 0.29) is 0 Å². The van der Waals surface area contributed by atoms with Crippen molar-refractivity contribution in [2.24, 2.45) is 5.73 Å². The van der Waals surface area contributed by atoms with E-state index in [2.05, 4.69) is 20.8 Å². The predicted octanol–water partition coefficient (Wildman–Crippen LogP) is 2.17. The fourth-order valence-corrected chi connectivity index (χ4v) is 1.91. The summed E-state index contributed by atoms with van der Waals surface area (Å²) in [6.07, 6.45) is 0. The first kappa shape index (κ1) is 13.4. The summed E-state index contributed by atoms with van der Waals surface area (Å²) in [7, 11) is 3.67. The van der Waals surface area contributed by atoms with Crippen LogP contribution >= 0.6 is 28.1 Å². The molecule has 0 saturated heterocycles. The first-order valence-corrected chi connectivity index (χ1v) is 6.06. The second kappa shape index (κ2) is 6.18. The molecule has 0 aliphatic rings. The molecule has 0 radical (unpaired) electrons. The normalized spacial score (nSPS) is 10.2. The van der Waals surface area contributed by atoms with E-state index in [9.17, 15) is 0 Å². The summed E-state index contributed by atoms with van der Waals surface area (Å²) in [5.41, 5.74) is 7.60. The van der Waals surface area contributed by atoms with E-state index in [0.29, 0.717) is 11.6 Å². The molecule has 0 atom stereocenters. The summed E-state index contributed by atoms with van der Waals surface area (Å²) in [5.74, 6) is 0. The van der Waals surface area contributed by atoms with Crippen molar-refractivity contribution < 1.29 is 4.74 Å². The van der Waals surface area contributed by atoms with Gasteiger partial charge in [0.15, 0.2) is 0 Å². The van der Waals surface area contributed by atoms with Gasteiger partial charge in [0, 0.05) is 36.4 Å². The highest BCUT2D eigenvalue weighted by Crippen LogP contribution is 2.23. The highest BCUT2D eigenvalue weighted by atomic mass is 79.9. The van der Waals surface area contributed by atoms with Gasteiger partial charge in [0.2, 0.25) is 0 Å². The number of thiocarbonyl (C=S) groups is 1. The maximum atomic E-state index is 5.70. The molecule has 1 aromatic carbocycles. The Balaban J connectivity index is 2.98. The zero-order valence-electron chi connectivity index (χ0n) is 9.37. The summed E-state index contributed by atoms with van der Waals surface area (Å²) in [6, 6.07) is 5.90. The smallest absolute Gasteiger partial charge is 0.106 e. The van der Waals surface area contributed by atoms with Gasteiger partial charge < -0.3 is 15.4 Å². The van der Waals surface area contributed by atoms with Crippen LogP contribution < -0.4 is 10.6 Å². The SMILES string of the molecule is COCCN(C)c1ccc(Br)cc1C(N)=S. The number of benzene rings is 1. The van der Waals surface area contributed by atoms with Crippen LogP contribution in [0.25, 0.3) is 0 Å². The number of likely N-dealkylation sites (N-methyl/N-ethyl adjacent to an activating group) is 1. The van der Waals surface area contributed by atoms with Crippen LogP contribution in [0.1, 0.15) is 5.56 Å². The monoisotopic (exact) mass is 302 g/mol. The van der Waals surface area contributed by atoms with E-state index in [1.54, 1.807) is 7.11 Å². The molecular formula is C11H15BrN2OS. The first-order valence-electron chi connectivity index (χ1n) is 4.85. The number of rotatable bonds is 5. The molecule has 1 rings (SSSR count). The Hall–Kier alpha value is -0.650. The van der Waals surface area contributed by atoms with Crippen LogP contribution in [0.15, 0.2) is 22.7 Å². The van der Waals surface area contributed by atoms with Gasteiger partial charge in [0.05, 0.1) is 6.61 Å². The van der Waals surface area contributed by atoms with Gasteiger partial charge in [0.25, 0.3) is 0 Å². The van der Waals surface area contributed by atoms with Crippen molar-refractivity contribution in [1.82, 2.24) is 0 Å². The van der Waals surface area contributed by atoms with Crippen molar-refractivity contribution in [3.8, 4) is 0 Å². The van der Waals surface area contributed by atoms with Gasteiger partial charge in [-0.25, -0.2) is 0 Å². The zero-order valence-corrected chi connectivity index (χ0v) is 11.8. The minimum absolute atomic E-state index is 0.403. The molecule has 16 heavy (non-hydrogen) atoms. The fourth-order valence-electron chi connectivity index (χ4n) is 1.39. The Morgan fingerprint density at radius 3 is 2.81 bits per heavy atom. The molecule has 0 fully saturated rings.